The van der Waals surface area contributed by atoms with Crippen LogP contribution in [0.3, 0.4) is 0 Å². The third-order valence-electron chi connectivity index (χ3n) is 3.34. The fourth-order valence-electron chi connectivity index (χ4n) is 2.11. The number of halogens is 1. The minimum Gasteiger partial charge on any atom is -0.481 e. The van der Waals surface area contributed by atoms with Crippen molar-refractivity contribution < 1.29 is 14.3 Å². The summed E-state index contributed by atoms with van der Waals surface area (Å²) in [5.41, 5.74) is 2.74. The molecule has 0 aromatic heterocycles. The number of hydrogen-bond acceptors (Lipinski definition) is 2. The Morgan fingerprint density at radius 1 is 1.19 bits per heavy atom. The van der Waals surface area contributed by atoms with E-state index >= 15 is 0 Å². The van der Waals surface area contributed by atoms with Gasteiger partial charge in [0.2, 0.25) is 0 Å². The summed E-state index contributed by atoms with van der Waals surface area (Å²) in [5.74, 6) is -1.07. The Balaban J connectivity index is 1.92. The van der Waals surface area contributed by atoms with Gasteiger partial charge in [-0.1, -0.05) is 36.4 Å². The maximum Gasteiger partial charge on any atom is 0.307 e. The summed E-state index contributed by atoms with van der Waals surface area (Å²) in [6, 6.07) is 14.0. The number of rotatable bonds is 6. The molecule has 0 aliphatic carbocycles. The highest BCUT2D eigenvalue weighted by Gasteiger charge is 2.06. The van der Waals surface area contributed by atoms with E-state index in [0.29, 0.717) is 6.54 Å². The van der Waals surface area contributed by atoms with E-state index in [2.05, 4.69) is 5.32 Å². The second-order valence-corrected chi connectivity index (χ2v) is 5.04. The number of benzene rings is 2. The highest BCUT2D eigenvalue weighted by atomic mass is 19.1. The molecule has 0 fully saturated rings. The fourth-order valence-corrected chi connectivity index (χ4v) is 2.11. The summed E-state index contributed by atoms with van der Waals surface area (Å²) in [6.45, 7) is 2.62. The maximum atomic E-state index is 13.2. The lowest BCUT2D eigenvalue weighted by molar-refractivity contribution is -0.136. The molecule has 2 rings (SSSR count). The van der Waals surface area contributed by atoms with Crippen LogP contribution in [-0.2, 0) is 17.8 Å². The molecule has 21 heavy (non-hydrogen) atoms. The van der Waals surface area contributed by atoms with E-state index in [4.69, 9.17) is 5.11 Å². The van der Waals surface area contributed by atoms with Gasteiger partial charge in [-0.2, -0.15) is 0 Å². The van der Waals surface area contributed by atoms with Crippen LogP contribution in [0.4, 0.5) is 4.39 Å². The quantitative estimate of drug-likeness (QED) is 0.857. The molecule has 0 radical (unpaired) electrons. The molecule has 0 amide bonds. The van der Waals surface area contributed by atoms with Crippen LogP contribution >= 0.6 is 0 Å². The maximum absolute atomic E-state index is 13.2. The van der Waals surface area contributed by atoms with Gasteiger partial charge in [0.05, 0.1) is 6.42 Å². The van der Waals surface area contributed by atoms with E-state index in [-0.39, 0.29) is 18.3 Å². The molecular formula is C17H18FNO2. The van der Waals surface area contributed by atoms with Crippen LogP contribution < -0.4 is 5.32 Å². The smallest absolute Gasteiger partial charge is 0.307 e. The van der Waals surface area contributed by atoms with Crippen molar-refractivity contribution in [3.8, 4) is 0 Å². The average molecular weight is 287 g/mol. The van der Waals surface area contributed by atoms with Gasteiger partial charge in [0.25, 0.3) is 0 Å². The van der Waals surface area contributed by atoms with E-state index < -0.39 is 5.97 Å². The van der Waals surface area contributed by atoms with Gasteiger partial charge in [0, 0.05) is 12.6 Å². The standard InChI is InChI=1S/C17H18FNO2/c1-12(15-3-2-4-16(18)10-15)19-11-14-7-5-13(6-8-14)9-17(20)21/h2-8,10,12,19H,9,11H2,1H3,(H,20,21)/t12-/m1/s1. The number of hydrogen-bond donors (Lipinski definition) is 2. The molecule has 3 nitrogen and oxygen atoms in total. The first-order chi connectivity index (χ1) is 10.0. The van der Waals surface area contributed by atoms with Crippen LogP contribution in [-0.4, -0.2) is 11.1 Å². The van der Waals surface area contributed by atoms with Crippen molar-refractivity contribution >= 4 is 5.97 Å². The van der Waals surface area contributed by atoms with Crippen molar-refractivity contribution in [2.75, 3.05) is 0 Å². The van der Waals surface area contributed by atoms with Crippen LogP contribution in [0.1, 0.15) is 29.7 Å². The molecule has 0 spiro atoms. The molecule has 2 aromatic carbocycles. The lowest BCUT2D eigenvalue weighted by Gasteiger charge is -2.14. The van der Waals surface area contributed by atoms with Gasteiger partial charge in [-0.25, -0.2) is 4.39 Å². The average Bonchev–Trinajstić information content (AvgIpc) is 2.45. The first kappa shape index (κ1) is 15.2. The highest BCUT2D eigenvalue weighted by molar-refractivity contribution is 5.70. The summed E-state index contributed by atoms with van der Waals surface area (Å²) in [6.07, 6.45) is 0.0351. The number of carbonyl (C=O) groups is 1. The van der Waals surface area contributed by atoms with Crippen LogP contribution in [0.2, 0.25) is 0 Å². The molecule has 1 atom stereocenters. The van der Waals surface area contributed by atoms with Crippen molar-refractivity contribution in [1.29, 1.82) is 0 Å². The van der Waals surface area contributed by atoms with Crippen molar-refractivity contribution in [3.63, 3.8) is 0 Å². The Labute approximate surface area is 123 Å². The zero-order valence-electron chi connectivity index (χ0n) is 11.8. The van der Waals surface area contributed by atoms with Gasteiger partial charge in [-0.15, -0.1) is 0 Å². The van der Waals surface area contributed by atoms with Crippen LogP contribution in [0.15, 0.2) is 48.5 Å². The minimum absolute atomic E-state index is 0.0351. The van der Waals surface area contributed by atoms with Crippen LogP contribution in [0.25, 0.3) is 0 Å². The lowest BCUT2D eigenvalue weighted by atomic mass is 10.1. The van der Waals surface area contributed by atoms with Crippen molar-refractivity contribution in [2.45, 2.75) is 25.9 Å². The molecule has 0 aliphatic heterocycles. The van der Waals surface area contributed by atoms with Gasteiger partial charge in [0.15, 0.2) is 0 Å². The predicted octanol–water partition coefficient (Wildman–Crippen LogP) is 3.30. The molecular weight excluding hydrogens is 269 g/mol. The third kappa shape index (κ3) is 4.68. The highest BCUT2D eigenvalue weighted by Crippen LogP contribution is 2.14. The van der Waals surface area contributed by atoms with Crippen molar-refractivity contribution in [3.05, 3.63) is 71.0 Å². The first-order valence-electron chi connectivity index (χ1n) is 6.83. The van der Waals surface area contributed by atoms with E-state index in [1.165, 1.54) is 12.1 Å². The molecule has 0 bridgehead atoms. The SMILES string of the molecule is C[C@@H](NCc1ccc(CC(=O)O)cc1)c1cccc(F)c1. The van der Waals surface area contributed by atoms with Gasteiger partial charge >= 0.3 is 5.97 Å². The van der Waals surface area contributed by atoms with E-state index in [0.717, 1.165) is 16.7 Å². The molecule has 0 saturated heterocycles. The molecule has 110 valence electrons. The summed E-state index contributed by atoms with van der Waals surface area (Å²) >= 11 is 0. The third-order valence-corrected chi connectivity index (χ3v) is 3.34. The topological polar surface area (TPSA) is 49.3 Å². The predicted molar refractivity (Wildman–Crippen MR) is 79.4 cm³/mol. The summed E-state index contributed by atoms with van der Waals surface area (Å²) in [4.78, 5) is 10.6. The van der Waals surface area contributed by atoms with Crippen molar-refractivity contribution in [1.82, 2.24) is 5.32 Å². The summed E-state index contributed by atoms with van der Waals surface area (Å²) in [5, 5.41) is 12.0. The minimum atomic E-state index is -0.833. The number of aliphatic carboxylic acids is 1. The molecule has 2 N–H and O–H groups in total. The summed E-state index contributed by atoms with van der Waals surface area (Å²) < 4.78 is 13.2. The van der Waals surface area contributed by atoms with Gasteiger partial charge in [-0.3, -0.25) is 4.79 Å². The Morgan fingerprint density at radius 3 is 2.48 bits per heavy atom. The van der Waals surface area contributed by atoms with E-state index in [9.17, 15) is 9.18 Å². The molecule has 0 heterocycles. The van der Waals surface area contributed by atoms with Gasteiger partial charge < -0.3 is 10.4 Å². The Bertz CT molecular complexity index is 610. The normalized spacial score (nSPS) is 12.1. The largest absolute Gasteiger partial charge is 0.481 e. The fraction of sp³-hybridized carbons (Fsp3) is 0.235. The van der Waals surface area contributed by atoms with Crippen molar-refractivity contribution in [2.24, 2.45) is 0 Å². The number of carboxylic acid groups (broad SMARTS) is 1. The monoisotopic (exact) mass is 287 g/mol. The van der Waals surface area contributed by atoms with E-state index in [1.54, 1.807) is 6.07 Å². The second kappa shape index (κ2) is 6.99. The lowest BCUT2D eigenvalue weighted by Crippen LogP contribution is -2.18. The molecule has 0 aliphatic rings. The van der Waals surface area contributed by atoms with Gasteiger partial charge in [-0.05, 0) is 35.7 Å². The number of carboxylic acids is 1. The Morgan fingerprint density at radius 2 is 1.86 bits per heavy atom. The van der Waals surface area contributed by atoms with E-state index in [1.807, 2.05) is 37.3 Å². The Kier molecular flexibility index (Phi) is 5.06. The molecule has 2 aromatic rings. The second-order valence-electron chi connectivity index (χ2n) is 5.04. The molecule has 4 heteroatoms. The summed E-state index contributed by atoms with van der Waals surface area (Å²) in [7, 11) is 0. The van der Waals surface area contributed by atoms with Gasteiger partial charge in [0.1, 0.15) is 5.82 Å². The molecule has 0 unspecified atom stereocenters. The first-order valence-corrected chi connectivity index (χ1v) is 6.83. The Hall–Kier alpha value is -2.20. The zero-order valence-corrected chi connectivity index (χ0v) is 11.8. The molecule has 0 saturated carbocycles. The van der Waals surface area contributed by atoms with Crippen LogP contribution in [0.5, 0.6) is 0 Å². The number of nitrogens with one attached hydrogen (secondary N) is 1. The van der Waals surface area contributed by atoms with Crippen LogP contribution in [0, 0.1) is 5.82 Å². The zero-order chi connectivity index (χ0) is 15.2.